The lowest BCUT2D eigenvalue weighted by Gasteiger charge is -2.14. The predicted octanol–water partition coefficient (Wildman–Crippen LogP) is 5.10. The van der Waals surface area contributed by atoms with E-state index in [1.807, 2.05) is 66.7 Å². The second-order valence-corrected chi connectivity index (χ2v) is 6.83. The Morgan fingerprint density at radius 2 is 1.52 bits per heavy atom. The Morgan fingerprint density at radius 3 is 2.19 bits per heavy atom. The molecule has 1 unspecified atom stereocenters. The second-order valence-electron chi connectivity index (χ2n) is 6.83. The van der Waals surface area contributed by atoms with Crippen molar-refractivity contribution in [2.75, 3.05) is 0 Å². The molecule has 0 aliphatic heterocycles. The summed E-state index contributed by atoms with van der Waals surface area (Å²) < 4.78 is 2.18. The molecular weight excluding hydrogens is 334 g/mol. The van der Waals surface area contributed by atoms with E-state index in [4.69, 9.17) is 0 Å². The number of carbonyl (C=O) groups is 1. The van der Waals surface area contributed by atoms with Crippen molar-refractivity contribution in [1.29, 1.82) is 0 Å². The summed E-state index contributed by atoms with van der Waals surface area (Å²) in [5.74, 6) is -1.35. The molecule has 3 aromatic carbocycles. The number of nitrogens with zero attached hydrogens (tertiary/aromatic N) is 1. The van der Waals surface area contributed by atoms with Crippen LogP contribution < -0.4 is 0 Å². The fourth-order valence-corrected chi connectivity index (χ4v) is 3.53. The van der Waals surface area contributed by atoms with Crippen molar-refractivity contribution < 1.29 is 9.90 Å². The zero-order chi connectivity index (χ0) is 18.6. The summed E-state index contributed by atoms with van der Waals surface area (Å²) in [5.41, 5.74) is 4.16. The van der Waals surface area contributed by atoms with E-state index in [0.717, 1.165) is 28.6 Å². The number of carboxylic acids is 1. The molecule has 1 atom stereocenters. The molecule has 1 aromatic heterocycles. The number of hydrogen-bond acceptors (Lipinski definition) is 1. The molecule has 0 amide bonds. The van der Waals surface area contributed by atoms with Gasteiger partial charge in [-0.2, -0.15) is 0 Å². The molecule has 3 heteroatoms. The number of carboxylic acid groups (broad SMARTS) is 1. The highest BCUT2D eigenvalue weighted by Crippen LogP contribution is 2.26. The van der Waals surface area contributed by atoms with E-state index in [2.05, 4.69) is 29.0 Å². The van der Waals surface area contributed by atoms with Crippen LogP contribution in [0.2, 0.25) is 0 Å². The minimum atomic E-state index is -0.792. The highest BCUT2D eigenvalue weighted by atomic mass is 16.4. The van der Waals surface area contributed by atoms with Crippen LogP contribution in [-0.2, 0) is 17.8 Å². The van der Waals surface area contributed by atoms with Crippen LogP contribution in [0.5, 0.6) is 0 Å². The van der Waals surface area contributed by atoms with Crippen molar-refractivity contribution in [3.8, 4) is 0 Å². The molecule has 0 bridgehead atoms. The highest BCUT2D eigenvalue weighted by Gasteiger charge is 2.21. The normalized spacial score (nSPS) is 12.1. The van der Waals surface area contributed by atoms with Crippen LogP contribution in [0, 0.1) is 0 Å². The molecule has 0 fully saturated rings. The van der Waals surface area contributed by atoms with Gasteiger partial charge in [-0.05, 0) is 40.6 Å². The highest BCUT2D eigenvalue weighted by molar-refractivity contribution is 5.84. The maximum absolute atomic E-state index is 11.9. The van der Waals surface area contributed by atoms with Gasteiger partial charge in [-0.1, -0.05) is 72.8 Å². The van der Waals surface area contributed by atoms with Crippen LogP contribution in [0.3, 0.4) is 0 Å². The molecule has 134 valence electrons. The molecule has 0 saturated carbocycles. The summed E-state index contributed by atoms with van der Waals surface area (Å²) in [6.07, 6.45) is 2.55. The van der Waals surface area contributed by atoms with Gasteiger partial charge in [-0.3, -0.25) is 4.79 Å². The topological polar surface area (TPSA) is 42.2 Å². The zero-order valence-corrected chi connectivity index (χ0v) is 15.0. The molecule has 0 radical (unpaired) electrons. The lowest BCUT2D eigenvalue weighted by Crippen LogP contribution is -2.14. The Balaban J connectivity index is 1.68. The van der Waals surface area contributed by atoms with Crippen molar-refractivity contribution in [2.24, 2.45) is 0 Å². The third kappa shape index (κ3) is 3.77. The smallest absolute Gasteiger partial charge is 0.311 e. The average molecular weight is 355 g/mol. The number of aliphatic carboxylic acids is 1. The van der Waals surface area contributed by atoms with E-state index >= 15 is 0 Å². The van der Waals surface area contributed by atoms with Gasteiger partial charge in [-0.15, -0.1) is 0 Å². The second kappa shape index (κ2) is 7.50. The van der Waals surface area contributed by atoms with Gasteiger partial charge >= 0.3 is 5.97 Å². The summed E-state index contributed by atoms with van der Waals surface area (Å²) in [6.45, 7) is 0.768. The largest absolute Gasteiger partial charge is 0.481 e. The minimum Gasteiger partial charge on any atom is -0.481 e. The van der Waals surface area contributed by atoms with Gasteiger partial charge in [0.25, 0.3) is 0 Å². The van der Waals surface area contributed by atoms with Crippen molar-refractivity contribution in [2.45, 2.75) is 18.9 Å². The third-order valence-corrected chi connectivity index (χ3v) is 4.98. The van der Waals surface area contributed by atoms with E-state index in [1.54, 1.807) is 0 Å². The molecule has 27 heavy (non-hydrogen) atoms. The molecule has 0 spiro atoms. The van der Waals surface area contributed by atoms with Crippen molar-refractivity contribution in [3.63, 3.8) is 0 Å². The molecule has 3 nitrogen and oxygen atoms in total. The number of fused-ring (bicyclic) bond motifs is 1. The van der Waals surface area contributed by atoms with E-state index in [0.29, 0.717) is 6.42 Å². The molecule has 4 aromatic rings. The quantitative estimate of drug-likeness (QED) is 0.523. The lowest BCUT2D eigenvalue weighted by molar-refractivity contribution is -0.138. The Hall–Kier alpha value is -3.33. The van der Waals surface area contributed by atoms with Gasteiger partial charge in [0.05, 0.1) is 5.92 Å². The average Bonchev–Trinajstić information content (AvgIpc) is 3.09. The number of rotatable bonds is 6. The number of benzene rings is 3. The Morgan fingerprint density at radius 1 is 0.852 bits per heavy atom. The van der Waals surface area contributed by atoms with Gasteiger partial charge < -0.3 is 9.67 Å². The maximum atomic E-state index is 11.9. The van der Waals surface area contributed by atoms with E-state index in [9.17, 15) is 9.90 Å². The number of hydrogen-bond donors (Lipinski definition) is 1. The summed E-state index contributed by atoms with van der Waals surface area (Å²) in [4.78, 5) is 11.9. The molecule has 4 rings (SSSR count). The van der Waals surface area contributed by atoms with Crippen LogP contribution in [0.15, 0.2) is 91.1 Å². The van der Waals surface area contributed by atoms with Crippen LogP contribution in [0.4, 0.5) is 0 Å². The minimum absolute atomic E-state index is 0.487. The monoisotopic (exact) mass is 355 g/mol. The lowest BCUT2D eigenvalue weighted by atomic mass is 9.91. The fourth-order valence-electron chi connectivity index (χ4n) is 3.53. The van der Waals surface area contributed by atoms with Crippen LogP contribution in [-0.4, -0.2) is 15.6 Å². The fraction of sp³-hybridized carbons (Fsp3) is 0.125. The summed E-state index contributed by atoms with van der Waals surface area (Å²) in [6, 6.07) is 28.1. The first-order valence-corrected chi connectivity index (χ1v) is 9.10. The Labute approximate surface area is 158 Å². The molecule has 0 saturated heterocycles. The maximum Gasteiger partial charge on any atom is 0.311 e. The van der Waals surface area contributed by atoms with E-state index < -0.39 is 11.9 Å². The van der Waals surface area contributed by atoms with E-state index in [-0.39, 0.29) is 0 Å². The van der Waals surface area contributed by atoms with Crippen molar-refractivity contribution >= 4 is 16.9 Å². The first kappa shape index (κ1) is 17.1. The van der Waals surface area contributed by atoms with Crippen LogP contribution in [0.25, 0.3) is 10.9 Å². The first-order valence-electron chi connectivity index (χ1n) is 9.10. The third-order valence-electron chi connectivity index (χ3n) is 4.98. The zero-order valence-electron chi connectivity index (χ0n) is 15.0. The van der Waals surface area contributed by atoms with Gasteiger partial charge in [-0.25, -0.2) is 0 Å². The van der Waals surface area contributed by atoms with Gasteiger partial charge in [0.15, 0.2) is 0 Å². The van der Waals surface area contributed by atoms with Gasteiger partial charge in [0.2, 0.25) is 0 Å². The number of aromatic nitrogens is 1. The van der Waals surface area contributed by atoms with Crippen LogP contribution >= 0.6 is 0 Å². The molecule has 0 aliphatic rings. The molecular formula is C24H21NO2. The molecule has 1 N–H and O–H groups in total. The van der Waals surface area contributed by atoms with Gasteiger partial charge in [0.1, 0.15) is 0 Å². The SMILES string of the molecule is O=C(O)C(Cc1ccccc1)c1ccc2ccn(Cc3ccccc3)c2c1. The molecule has 0 aliphatic carbocycles. The molecule has 1 heterocycles. The standard InChI is InChI=1S/C24H21NO2/c26-24(27)22(15-18-7-3-1-4-8-18)21-12-11-20-13-14-25(23(20)16-21)17-19-9-5-2-6-10-19/h1-14,16,22H,15,17H2,(H,26,27). The van der Waals surface area contributed by atoms with Crippen molar-refractivity contribution in [1.82, 2.24) is 4.57 Å². The van der Waals surface area contributed by atoms with Crippen LogP contribution in [0.1, 0.15) is 22.6 Å². The van der Waals surface area contributed by atoms with Gasteiger partial charge in [0, 0.05) is 18.3 Å². The summed E-state index contributed by atoms with van der Waals surface area (Å²) in [5, 5.41) is 10.9. The van der Waals surface area contributed by atoms with Crippen molar-refractivity contribution in [3.05, 3.63) is 108 Å². The first-order chi connectivity index (χ1) is 13.2. The predicted molar refractivity (Wildman–Crippen MR) is 108 cm³/mol. The summed E-state index contributed by atoms with van der Waals surface area (Å²) >= 11 is 0. The van der Waals surface area contributed by atoms with E-state index in [1.165, 1.54) is 5.56 Å². The Kier molecular flexibility index (Phi) is 4.75. The summed E-state index contributed by atoms with van der Waals surface area (Å²) in [7, 11) is 0. The Bertz CT molecular complexity index is 1050.